The Morgan fingerprint density at radius 3 is 1.03 bits per heavy atom. The molecule has 0 aliphatic heterocycles. The van der Waals surface area contributed by atoms with Crippen molar-refractivity contribution in [2.45, 2.75) is 33.9 Å². The molecule has 12 aromatic rings. The zero-order valence-corrected chi connectivity index (χ0v) is 40.1. The zero-order chi connectivity index (χ0) is 49.4. The molecule has 3 nitrogen and oxygen atoms in total. The zero-order valence-electron chi connectivity index (χ0n) is 40.1. The van der Waals surface area contributed by atoms with Crippen LogP contribution in [-0.4, -0.2) is 9.13 Å². The van der Waals surface area contributed by atoms with Crippen LogP contribution in [0, 0.1) is 39.0 Å². The average Bonchev–Trinajstić information content (AvgIpc) is 3.89. The van der Waals surface area contributed by atoms with E-state index in [0.717, 1.165) is 99.3 Å². The number of hydrogen-bond acceptors (Lipinski definition) is 1. The number of aromatic nitrogens is 2. The normalized spacial score (nSPS) is 11.8. The third-order valence-electron chi connectivity index (χ3n) is 14.1. The topological polar surface area (TPSA) is 33.6 Å². The van der Waals surface area contributed by atoms with E-state index in [1.165, 1.54) is 6.07 Å². The molecule has 0 spiro atoms. The lowest BCUT2D eigenvalue weighted by Gasteiger charge is -2.22. The standard InChI is InChI=1S/C66H46F3N3/c1-40-10-5-15-45(28-40)49-20-24-60-55(33-49)56-34-50(46-16-6-11-41(2)29-46)21-25-61(56)71(60)64-38-59(66(67,68)69)65(37-54(64)53-19-9-14-44(32-53)39-70)72-62-26-22-51(47-17-7-12-42(3)30-47)35-57(62)58-36-52(23-27-63(58)72)48-18-8-13-43(4)31-48/h5-38H,1-4H3. The first-order valence-electron chi connectivity index (χ1n) is 24.1. The lowest BCUT2D eigenvalue weighted by Crippen LogP contribution is -2.13. The molecule has 0 bridgehead atoms. The van der Waals surface area contributed by atoms with Crippen LogP contribution < -0.4 is 0 Å². The van der Waals surface area contributed by atoms with Crippen molar-refractivity contribution in [2.24, 2.45) is 0 Å². The molecule has 0 saturated heterocycles. The molecule has 10 aromatic carbocycles. The van der Waals surface area contributed by atoms with E-state index in [1.54, 1.807) is 28.8 Å². The Morgan fingerprint density at radius 1 is 0.347 bits per heavy atom. The molecule has 0 saturated carbocycles. The Hall–Kier alpha value is -8.92. The number of hydrogen-bond donors (Lipinski definition) is 0. The van der Waals surface area contributed by atoms with E-state index in [0.29, 0.717) is 33.4 Å². The number of nitrogens with zero attached hydrogens (tertiary/aromatic N) is 3. The second kappa shape index (κ2) is 17.2. The number of halogens is 3. The van der Waals surface area contributed by atoms with Gasteiger partial charge < -0.3 is 9.13 Å². The van der Waals surface area contributed by atoms with Gasteiger partial charge in [-0.15, -0.1) is 0 Å². The van der Waals surface area contributed by atoms with Crippen LogP contribution in [0.5, 0.6) is 0 Å². The maximum atomic E-state index is 16.5. The minimum Gasteiger partial charge on any atom is -0.309 e. The van der Waals surface area contributed by atoms with E-state index in [2.05, 4.69) is 143 Å². The molecule has 6 heteroatoms. The molecule has 0 N–H and O–H groups in total. The van der Waals surface area contributed by atoms with Gasteiger partial charge in [0.15, 0.2) is 0 Å². The lowest BCUT2D eigenvalue weighted by atomic mass is 9.97. The first-order chi connectivity index (χ1) is 34.9. The van der Waals surface area contributed by atoms with Crippen molar-refractivity contribution in [1.82, 2.24) is 9.13 Å². The fraction of sp³-hybridized carbons (Fsp3) is 0.0758. The number of rotatable bonds is 7. The largest absolute Gasteiger partial charge is 0.418 e. The number of benzene rings is 10. The summed E-state index contributed by atoms with van der Waals surface area (Å²) in [5, 5.41) is 13.7. The van der Waals surface area contributed by atoms with E-state index in [-0.39, 0.29) is 5.69 Å². The van der Waals surface area contributed by atoms with Crippen molar-refractivity contribution in [3.8, 4) is 73.1 Å². The highest BCUT2D eigenvalue weighted by molar-refractivity contribution is 6.14. The number of fused-ring (bicyclic) bond motifs is 6. The average molecular weight is 938 g/mol. The molecular formula is C66H46F3N3. The number of nitriles is 1. The monoisotopic (exact) mass is 937 g/mol. The summed E-state index contributed by atoms with van der Waals surface area (Å²) in [4.78, 5) is 0. The van der Waals surface area contributed by atoms with E-state index in [9.17, 15) is 5.26 Å². The smallest absolute Gasteiger partial charge is 0.309 e. The van der Waals surface area contributed by atoms with Crippen LogP contribution in [0.15, 0.2) is 206 Å². The van der Waals surface area contributed by atoms with Gasteiger partial charge in [-0.3, -0.25) is 0 Å². The predicted octanol–water partition coefficient (Wildman–Crippen LogP) is 18.3. The van der Waals surface area contributed by atoms with Crippen molar-refractivity contribution < 1.29 is 13.2 Å². The van der Waals surface area contributed by atoms with Gasteiger partial charge in [0, 0.05) is 27.1 Å². The fourth-order valence-corrected chi connectivity index (χ4v) is 10.7. The van der Waals surface area contributed by atoms with Crippen LogP contribution in [0.1, 0.15) is 33.4 Å². The Morgan fingerprint density at radius 2 is 0.681 bits per heavy atom. The second-order valence-electron chi connectivity index (χ2n) is 19.2. The van der Waals surface area contributed by atoms with Gasteiger partial charge in [-0.05, 0) is 151 Å². The summed E-state index contributed by atoms with van der Waals surface area (Å²) in [7, 11) is 0. The third kappa shape index (κ3) is 7.71. The third-order valence-corrected chi connectivity index (χ3v) is 14.1. The first-order valence-corrected chi connectivity index (χ1v) is 24.1. The quantitative estimate of drug-likeness (QED) is 0.157. The molecule has 0 atom stereocenters. The molecule has 0 radical (unpaired) electrons. The summed E-state index contributed by atoms with van der Waals surface area (Å²) in [5.41, 5.74) is 16.5. The fourth-order valence-electron chi connectivity index (χ4n) is 10.7. The van der Waals surface area contributed by atoms with Crippen molar-refractivity contribution in [1.29, 1.82) is 5.26 Å². The van der Waals surface area contributed by atoms with Crippen LogP contribution in [-0.2, 0) is 6.18 Å². The SMILES string of the molecule is Cc1cccc(-c2ccc3c(c2)c2cc(-c4cccc(C)c4)ccc2n3-c2cc(C(F)(F)F)c(-n3c4ccc(-c5cccc(C)c5)cc4c4cc(-c5cccc(C)c5)ccc43)cc2-c2cccc(C#N)c2)c1. The number of aryl methyl sites for hydroxylation is 4. The lowest BCUT2D eigenvalue weighted by molar-refractivity contribution is -0.137. The van der Waals surface area contributed by atoms with E-state index < -0.39 is 11.7 Å². The molecular weight excluding hydrogens is 892 g/mol. The van der Waals surface area contributed by atoms with Crippen LogP contribution in [0.4, 0.5) is 13.2 Å². The summed E-state index contributed by atoms with van der Waals surface area (Å²) in [6, 6.07) is 70.3. The van der Waals surface area contributed by atoms with Crippen LogP contribution >= 0.6 is 0 Å². The molecule has 0 aliphatic rings. The molecule has 72 heavy (non-hydrogen) atoms. The molecule has 0 amide bonds. The maximum Gasteiger partial charge on any atom is 0.418 e. The van der Waals surface area contributed by atoms with Gasteiger partial charge in [0.25, 0.3) is 0 Å². The maximum absolute atomic E-state index is 16.5. The molecule has 0 fully saturated rings. The Labute approximate surface area is 415 Å². The van der Waals surface area contributed by atoms with Crippen LogP contribution in [0.2, 0.25) is 0 Å². The van der Waals surface area contributed by atoms with Crippen molar-refractivity contribution in [3.63, 3.8) is 0 Å². The van der Waals surface area contributed by atoms with Crippen LogP contribution in [0.3, 0.4) is 0 Å². The summed E-state index contributed by atoms with van der Waals surface area (Å²) in [6.45, 7) is 8.24. The van der Waals surface area contributed by atoms with Crippen molar-refractivity contribution in [2.75, 3.05) is 0 Å². The summed E-state index contributed by atoms with van der Waals surface area (Å²) in [5.74, 6) is 0. The molecule has 0 aliphatic carbocycles. The minimum absolute atomic E-state index is 0.0144. The Kier molecular flexibility index (Phi) is 10.6. The first kappa shape index (κ1) is 44.3. The molecule has 0 unspecified atom stereocenters. The van der Waals surface area contributed by atoms with Gasteiger partial charge >= 0.3 is 6.18 Å². The molecule has 12 rings (SSSR count). The molecule has 346 valence electrons. The van der Waals surface area contributed by atoms with Crippen molar-refractivity contribution in [3.05, 3.63) is 240 Å². The van der Waals surface area contributed by atoms with Gasteiger partial charge in [0.2, 0.25) is 0 Å². The Balaban J connectivity index is 1.18. The summed E-state index contributed by atoms with van der Waals surface area (Å²) in [6.07, 6.45) is -4.79. The van der Waals surface area contributed by atoms with Gasteiger partial charge in [-0.25, -0.2) is 0 Å². The minimum atomic E-state index is -4.79. The second-order valence-corrected chi connectivity index (χ2v) is 19.2. The van der Waals surface area contributed by atoms with E-state index >= 15 is 13.2 Å². The van der Waals surface area contributed by atoms with Gasteiger partial charge in [0.05, 0.1) is 50.6 Å². The predicted molar refractivity (Wildman–Crippen MR) is 291 cm³/mol. The summed E-state index contributed by atoms with van der Waals surface area (Å²) < 4.78 is 53.2. The highest BCUT2D eigenvalue weighted by atomic mass is 19.4. The Bertz CT molecular complexity index is 4010. The van der Waals surface area contributed by atoms with Gasteiger partial charge in [0.1, 0.15) is 0 Å². The van der Waals surface area contributed by atoms with Gasteiger partial charge in [-0.2, -0.15) is 18.4 Å². The summed E-state index contributed by atoms with van der Waals surface area (Å²) >= 11 is 0. The van der Waals surface area contributed by atoms with Crippen LogP contribution in [0.25, 0.3) is 111 Å². The molecule has 2 heterocycles. The van der Waals surface area contributed by atoms with Crippen molar-refractivity contribution >= 4 is 43.6 Å². The van der Waals surface area contributed by atoms with Gasteiger partial charge in [-0.1, -0.05) is 156 Å². The highest BCUT2D eigenvalue weighted by Crippen LogP contribution is 2.47. The van der Waals surface area contributed by atoms with E-state index in [1.807, 2.05) is 71.3 Å². The highest BCUT2D eigenvalue weighted by Gasteiger charge is 2.37. The number of alkyl halides is 3. The van der Waals surface area contributed by atoms with E-state index in [4.69, 9.17) is 0 Å². The molecule has 2 aromatic heterocycles.